The number of hydrogen-bond donors (Lipinski definition) is 1. The van der Waals surface area contributed by atoms with Crippen LogP contribution in [-0.4, -0.2) is 41.4 Å². The lowest BCUT2D eigenvalue weighted by molar-refractivity contribution is 0.208. The van der Waals surface area contributed by atoms with Gasteiger partial charge in [-0.2, -0.15) is 5.10 Å². The fourth-order valence-corrected chi connectivity index (χ4v) is 3.28. The normalized spacial score (nSPS) is 18.9. The first kappa shape index (κ1) is 14.5. The van der Waals surface area contributed by atoms with Gasteiger partial charge in [-0.05, 0) is 32.9 Å². The molecule has 1 aromatic heterocycles. The van der Waals surface area contributed by atoms with Gasteiger partial charge >= 0.3 is 0 Å². The zero-order chi connectivity index (χ0) is 13.7. The number of aryl methyl sites for hydroxylation is 1. The molecule has 0 aliphatic heterocycles. The molecule has 1 aliphatic rings. The van der Waals surface area contributed by atoms with Gasteiger partial charge in [0.15, 0.2) is 0 Å². The van der Waals surface area contributed by atoms with Gasteiger partial charge in [0.05, 0.1) is 6.20 Å². The van der Waals surface area contributed by atoms with Crippen LogP contribution >= 0.6 is 0 Å². The standard InChI is InChI=1S/C15H28N4/c1-16-15(14-7-5-4-6-8-14)12-18(2)10-13-9-17-19(3)11-13/h9,11,14-16H,4-8,10,12H2,1-3H3. The number of nitrogens with zero attached hydrogens (tertiary/aromatic N) is 3. The Hall–Kier alpha value is -0.870. The summed E-state index contributed by atoms with van der Waals surface area (Å²) in [6.07, 6.45) is 11.1. The van der Waals surface area contributed by atoms with Crippen LogP contribution in [0.15, 0.2) is 12.4 Å². The lowest BCUT2D eigenvalue weighted by atomic mass is 9.83. The van der Waals surface area contributed by atoms with Gasteiger partial charge in [-0.3, -0.25) is 4.68 Å². The van der Waals surface area contributed by atoms with Crippen LogP contribution in [-0.2, 0) is 13.6 Å². The van der Waals surface area contributed by atoms with E-state index in [0.29, 0.717) is 6.04 Å². The van der Waals surface area contributed by atoms with E-state index in [1.165, 1.54) is 37.7 Å². The Morgan fingerprint density at radius 2 is 2.16 bits per heavy atom. The molecule has 4 heteroatoms. The fraction of sp³-hybridized carbons (Fsp3) is 0.800. The highest BCUT2D eigenvalue weighted by Gasteiger charge is 2.23. The van der Waals surface area contributed by atoms with Crippen molar-refractivity contribution >= 4 is 0 Å². The Labute approximate surface area is 117 Å². The molecular weight excluding hydrogens is 236 g/mol. The third kappa shape index (κ3) is 4.32. The maximum Gasteiger partial charge on any atom is 0.0534 e. The quantitative estimate of drug-likeness (QED) is 0.853. The number of likely N-dealkylation sites (N-methyl/N-ethyl adjacent to an activating group) is 2. The molecule has 108 valence electrons. The average molecular weight is 264 g/mol. The molecule has 1 saturated carbocycles. The molecule has 2 rings (SSSR count). The SMILES string of the molecule is CNC(CN(C)Cc1cnn(C)c1)C1CCCCC1. The molecule has 1 fully saturated rings. The molecule has 0 saturated heterocycles. The minimum atomic E-state index is 0.627. The number of hydrogen-bond acceptors (Lipinski definition) is 3. The number of aromatic nitrogens is 2. The highest BCUT2D eigenvalue weighted by atomic mass is 15.2. The van der Waals surface area contributed by atoms with Gasteiger partial charge in [-0.25, -0.2) is 0 Å². The lowest BCUT2D eigenvalue weighted by Gasteiger charge is -2.32. The Balaban J connectivity index is 1.83. The molecule has 4 nitrogen and oxygen atoms in total. The van der Waals surface area contributed by atoms with Gasteiger partial charge in [0.2, 0.25) is 0 Å². The summed E-state index contributed by atoms with van der Waals surface area (Å²) in [6.45, 7) is 2.11. The second-order valence-corrected chi connectivity index (χ2v) is 6.01. The molecule has 0 spiro atoms. The summed E-state index contributed by atoms with van der Waals surface area (Å²) in [5.74, 6) is 0.857. The van der Waals surface area contributed by atoms with Crippen molar-refractivity contribution in [3.63, 3.8) is 0 Å². The predicted octanol–water partition coefficient (Wildman–Crippen LogP) is 2.02. The maximum absolute atomic E-state index is 4.23. The molecular formula is C15H28N4. The minimum absolute atomic E-state index is 0.627. The zero-order valence-corrected chi connectivity index (χ0v) is 12.6. The zero-order valence-electron chi connectivity index (χ0n) is 12.6. The van der Waals surface area contributed by atoms with Crippen LogP contribution in [0.4, 0.5) is 0 Å². The molecule has 0 amide bonds. The minimum Gasteiger partial charge on any atom is -0.315 e. The molecule has 0 bridgehead atoms. The van der Waals surface area contributed by atoms with E-state index in [1.54, 1.807) is 0 Å². The lowest BCUT2D eigenvalue weighted by Crippen LogP contribution is -2.43. The number of nitrogens with one attached hydrogen (secondary N) is 1. The Bertz CT molecular complexity index is 368. The fourth-order valence-electron chi connectivity index (χ4n) is 3.28. The van der Waals surface area contributed by atoms with Gasteiger partial charge in [-0.1, -0.05) is 19.3 Å². The van der Waals surface area contributed by atoms with Gasteiger partial charge in [0.25, 0.3) is 0 Å². The van der Waals surface area contributed by atoms with Crippen LogP contribution < -0.4 is 5.32 Å². The van der Waals surface area contributed by atoms with E-state index in [2.05, 4.69) is 35.6 Å². The molecule has 1 aromatic rings. The van der Waals surface area contributed by atoms with Gasteiger partial charge in [0, 0.05) is 37.9 Å². The average Bonchev–Trinajstić information content (AvgIpc) is 2.82. The van der Waals surface area contributed by atoms with E-state index in [-0.39, 0.29) is 0 Å². The van der Waals surface area contributed by atoms with Crippen LogP contribution in [0.25, 0.3) is 0 Å². The van der Waals surface area contributed by atoms with Crippen LogP contribution in [0.3, 0.4) is 0 Å². The summed E-state index contributed by atoms with van der Waals surface area (Å²) in [5, 5.41) is 7.76. The van der Waals surface area contributed by atoms with E-state index in [1.807, 2.05) is 17.9 Å². The van der Waals surface area contributed by atoms with Gasteiger partial charge in [0.1, 0.15) is 0 Å². The van der Waals surface area contributed by atoms with Crippen molar-refractivity contribution in [2.24, 2.45) is 13.0 Å². The molecule has 19 heavy (non-hydrogen) atoms. The molecule has 1 heterocycles. The van der Waals surface area contributed by atoms with E-state index < -0.39 is 0 Å². The summed E-state index contributed by atoms with van der Waals surface area (Å²) < 4.78 is 1.87. The third-order valence-electron chi connectivity index (χ3n) is 4.31. The summed E-state index contributed by atoms with van der Waals surface area (Å²) >= 11 is 0. The Kier molecular flexibility index (Phi) is 5.40. The van der Waals surface area contributed by atoms with E-state index in [0.717, 1.165) is 19.0 Å². The number of rotatable bonds is 6. The first-order valence-electron chi connectivity index (χ1n) is 7.52. The molecule has 1 atom stereocenters. The molecule has 0 radical (unpaired) electrons. The maximum atomic E-state index is 4.23. The second-order valence-electron chi connectivity index (χ2n) is 6.01. The predicted molar refractivity (Wildman–Crippen MR) is 79.0 cm³/mol. The van der Waals surface area contributed by atoms with Crippen molar-refractivity contribution < 1.29 is 0 Å². The summed E-state index contributed by atoms with van der Waals surface area (Å²) in [5.41, 5.74) is 1.29. The smallest absolute Gasteiger partial charge is 0.0534 e. The molecule has 0 aromatic carbocycles. The van der Waals surface area contributed by atoms with Crippen molar-refractivity contribution in [2.45, 2.75) is 44.7 Å². The first-order chi connectivity index (χ1) is 9.19. The van der Waals surface area contributed by atoms with Crippen LogP contribution in [0.5, 0.6) is 0 Å². The third-order valence-corrected chi connectivity index (χ3v) is 4.31. The van der Waals surface area contributed by atoms with Crippen molar-refractivity contribution in [1.29, 1.82) is 0 Å². The molecule has 1 unspecified atom stereocenters. The second kappa shape index (κ2) is 7.06. The van der Waals surface area contributed by atoms with E-state index in [4.69, 9.17) is 0 Å². The summed E-state index contributed by atoms with van der Waals surface area (Å²) in [7, 11) is 6.29. The monoisotopic (exact) mass is 264 g/mol. The Morgan fingerprint density at radius 1 is 1.42 bits per heavy atom. The highest BCUT2D eigenvalue weighted by Crippen LogP contribution is 2.26. The largest absolute Gasteiger partial charge is 0.315 e. The van der Waals surface area contributed by atoms with Crippen molar-refractivity contribution in [3.8, 4) is 0 Å². The van der Waals surface area contributed by atoms with Crippen LogP contribution in [0.2, 0.25) is 0 Å². The van der Waals surface area contributed by atoms with Crippen LogP contribution in [0.1, 0.15) is 37.7 Å². The van der Waals surface area contributed by atoms with E-state index >= 15 is 0 Å². The van der Waals surface area contributed by atoms with Gasteiger partial charge in [-0.15, -0.1) is 0 Å². The van der Waals surface area contributed by atoms with Crippen LogP contribution in [0, 0.1) is 5.92 Å². The molecule has 1 aliphatic carbocycles. The van der Waals surface area contributed by atoms with Crippen molar-refractivity contribution in [3.05, 3.63) is 18.0 Å². The first-order valence-corrected chi connectivity index (χ1v) is 7.52. The Morgan fingerprint density at radius 3 is 2.74 bits per heavy atom. The van der Waals surface area contributed by atoms with Crippen molar-refractivity contribution in [2.75, 3.05) is 20.6 Å². The van der Waals surface area contributed by atoms with Gasteiger partial charge < -0.3 is 10.2 Å². The van der Waals surface area contributed by atoms with E-state index in [9.17, 15) is 0 Å². The van der Waals surface area contributed by atoms with Crippen molar-refractivity contribution in [1.82, 2.24) is 20.0 Å². The summed E-state index contributed by atoms with van der Waals surface area (Å²) in [4.78, 5) is 2.41. The highest BCUT2D eigenvalue weighted by molar-refractivity contribution is 5.03. The topological polar surface area (TPSA) is 33.1 Å². The summed E-state index contributed by atoms with van der Waals surface area (Å²) in [6, 6.07) is 0.627. The molecule has 1 N–H and O–H groups in total.